The zero-order chi connectivity index (χ0) is 25.5. The summed E-state index contributed by atoms with van der Waals surface area (Å²) in [5.41, 5.74) is 1.82. The Labute approximate surface area is 215 Å². The molecule has 0 atom stereocenters. The van der Waals surface area contributed by atoms with Crippen molar-refractivity contribution in [3.63, 3.8) is 0 Å². The standard InChI is InChI=1S/C26H26ClN3O5S/c27-22-11-10-20(18-24(22)36(33,34)30-14-16-35-17-15-30)25(31)29-23-9-5-4-8-21(23)26(32)28-13-12-19-6-2-1-3-7-19/h1-11,18H,12-17H2,(H,28,32)(H,29,31). The fraction of sp³-hybridized carbons (Fsp3) is 0.231. The molecule has 188 valence electrons. The molecule has 1 aliphatic heterocycles. The van der Waals surface area contributed by atoms with Gasteiger partial charge in [-0.1, -0.05) is 54.1 Å². The van der Waals surface area contributed by atoms with E-state index >= 15 is 0 Å². The first-order chi connectivity index (χ1) is 17.4. The second kappa shape index (κ2) is 11.7. The number of benzene rings is 3. The Morgan fingerprint density at radius 2 is 1.61 bits per heavy atom. The lowest BCUT2D eigenvalue weighted by Gasteiger charge is -2.26. The number of amides is 2. The Morgan fingerprint density at radius 3 is 2.36 bits per heavy atom. The van der Waals surface area contributed by atoms with Gasteiger partial charge in [-0.3, -0.25) is 9.59 Å². The van der Waals surface area contributed by atoms with Gasteiger partial charge >= 0.3 is 0 Å². The van der Waals surface area contributed by atoms with Gasteiger partial charge in [0.1, 0.15) is 4.90 Å². The molecule has 36 heavy (non-hydrogen) atoms. The molecule has 0 bridgehead atoms. The highest BCUT2D eigenvalue weighted by Crippen LogP contribution is 2.27. The first-order valence-electron chi connectivity index (χ1n) is 11.5. The summed E-state index contributed by atoms with van der Waals surface area (Å²) in [6, 6.07) is 20.5. The Hall–Kier alpha value is -3.24. The highest BCUT2D eigenvalue weighted by atomic mass is 35.5. The van der Waals surface area contributed by atoms with Crippen LogP contribution < -0.4 is 10.6 Å². The molecule has 0 spiro atoms. The molecule has 1 aliphatic rings. The molecule has 4 rings (SSSR count). The molecule has 2 N–H and O–H groups in total. The Balaban J connectivity index is 1.48. The minimum Gasteiger partial charge on any atom is -0.379 e. The van der Waals surface area contributed by atoms with Crippen molar-refractivity contribution in [1.82, 2.24) is 9.62 Å². The van der Waals surface area contributed by atoms with Crippen molar-refractivity contribution < 1.29 is 22.7 Å². The van der Waals surface area contributed by atoms with Gasteiger partial charge in [-0.25, -0.2) is 8.42 Å². The van der Waals surface area contributed by atoms with Crippen molar-refractivity contribution in [2.45, 2.75) is 11.3 Å². The lowest BCUT2D eigenvalue weighted by Crippen LogP contribution is -2.40. The highest BCUT2D eigenvalue weighted by molar-refractivity contribution is 7.89. The number of para-hydroxylation sites is 1. The molecule has 1 fully saturated rings. The zero-order valence-electron chi connectivity index (χ0n) is 19.4. The van der Waals surface area contributed by atoms with Crippen molar-refractivity contribution in [2.24, 2.45) is 0 Å². The predicted molar refractivity (Wildman–Crippen MR) is 138 cm³/mol. The smallest absolute Gasteiger partial charge is 0.255 e. The Kier molecular flexibility index (Phi) is 8.37. The van der Waals surface area contributed by atoms with Crippen molar-refractivity contribution >= 4 is 39.1 Å². The van der Waals surface area contributed by atoms with E-state index in [2.05, 4.69) is 10.6 Å². The number of ether oxygens (including phenoxy) is 1. The second-order valence-electron chi connectivity index (χ2n) is 8.15. The van der Waals surface area contributed by atoms with Gasteiger partial charge in [-0.05, 0) is 42.3 Å². The predicted octanol–water partition coefficient (Wildman–Crippen LogP) is 3.59. The molecule has 1 heterocycles. The number of carbonyl (C=O) groups excluding carboxylic acids is 2. The van der Waals surface area contributed by atoms with Crippen LogP contribution in [0.5, 0.6) is 0 Å². The van der Waals surface area contributed by atoms with Crippen LogP contribution in [0.25, 0.3) is 0 Å². The summed E-state index contributed by atoms with van der Waals surface area (Å²) in [7, 11) is -3.90. The van der Waals surface area contributed by atoms with Crippen LogP contribution in [-0.4, -0.2) is 57.4 Å². The zero-order valence-corrected chi connectivity index (χ0v) is 21.0. The summed E-state index contributed by atoms with van der Waals surface area (Å²) in [4.78, 5) is 25.7. The van der Waals surface area contributed by atoms with Crippen molar-refractivity contribution in [2.75, 3.05) is 38.2 Å². The second-order valence-corrected chi connectivity index (χ2v) is 10.5. The minimum absolute atomic E-state index is 0.0243. The summed E-state index contributed by atoms with van der Waals surface area (Å²) >= 11 is 6.20. The Bertz CT molecular complexity index is 1340. The summed E-state index contributed by atoms with van der Waals surface area (Å²) in [5, 5.41) is 5.62. The molecule has 0 saturated carbocycles. The number of rotatable bonds is 8. The number of halogens is 1. The van der Waals surface area contributed by atoms with Crippen LogP contribution >= 0.6 is 11.6 Å². The van der Waals surface area contributed by atoms with Crippen LogP contribution in [0.2, 0.25) is 5.02 Å². The lowest BCUT2D eigenvalue weighted by atomic mass is 10.1. The van der Waals surface area contributed by atoms with E-state index in [4.69, 9.17) is 16.3 Å². The number of sulfonamides is 1. The number of carbonyl (C=O) groups is 2. The quantitative estimate of drug-likeness (QED) is 0.466. The third kappa shape index (κ3) is 6.11. The van der Waals surface area contributed by atoms with Gasteiger partial charge in [0.25, 0.3) is 11.8 Å². The largest absolute Gasteiger partial charge is 0.379 e. The monoisotopic (exact) mass is 527 g/mol. The summed E-state index contributed by atoms with van der Waals surface area (Å²) < 4.78 is 32.7. The van der Waals surface area contributed by atoms with E-state index in [9.17, 15) is 18.0 Å². The molecule has 0 radical (unpaired) electrons. The first kappa shape index (κ1) is 25.8. The molecule has 3 aromatic carbocycles. The van der Waals surface area contributed by atoms with Crippen LogP contribution in [0.15, 0.2) is 77.7 Å². The maximum absolute atomic E-state index is 13.1. The fourth-order valence-corrected chi connectivity index (χ4v) is 5.72. The van der Waals surface area contributed by atoms with E-state index in [1.807, 2.05) is 30.3 Å². The number of nitrogens with one attached hydrogen (secondary N) is 2. The molecule has 0 unspecified atom stereocenters. The van der Waals surface area contributed by atoms with E-state index in [1.165, 1.54) is 22.5 Å². The lowest BCUT2D eigenvalue weighted by molar-refractivity contribution is 0.0730. The van der Waals surface area contributed by atoms with Crippen molar-refractivity contribution in [3.05, 3.63) is 94.5 Å². The van der Waals surface area contributed by atoms with Gasteiger partial charge in [0, 0.05) is 25.2 Å². The van der Waals surface area contributed by atoms with E-state index in [-0.39, 0.29) is 34.5 Å². The molecule has 0 aliphatic carbocycles. The molecular weight excluding hydrogens is 502 g/mol. The molecular formula is C26H26ClN3O5S. The average Bonchev–Trinajstić information content (AvgIpc) is 2.90. The van der Waals surface area contributed by atoms with Crippen LogP contribution in [0.1, 0.15) is 26.3 Å². The first-order valence-corrected chi connectivity index (χ1v) is 13.3. The topological polar surface area (TPSA) is 105 Å². The van der Waals surface area contributed by atoms with Gasteiger partial charge in [-0.15, -0.1) is 0 Å². The highest BCUT2D eigenvalue weighted by Gasteiger charge is 2.29. The third-order valence-corrected chi connectivity index (χ3v) is 8.12. The Morgan fingerprint density at radius 1 is 0.917 bits per heavy atom. The van der Waals surface area contributed by atoms with E-state index in [0.717, 1.165) is 5.56 Å². The van der Waals surface area contributed by atoms with Gasteiger partial charge < -0.3 is 15.4 Å². The van der Waals surface area contributed by atoms with Gasteiger partial charge in [0.05, 0.1) is 29.5 Å². The molecule has 2 amide bonds. The molecule has 8 nitrogen and oxygen atoms in total. The van der Waals surface area contributed by atoms with Gasteiger partial charge in [0.2, 0.25) is 10.0 Å². The number of morpholine rings is 1. The fourth-order valence-electron chi connectivity index (χ4n) is 3.81. The third-order valence-electron chi connectivity index (χ3n) is 5.74. The minimum atomic E-state index is -3.90. The van der Waals surface area contributed by atoms with E-state index < -0.39 is 15.9 Å². The number of hydrogen-bond acceptors (Lipinski definition) is 5. The van der Waals surface area contributed by atoms with Crippen molar-refractivity contribution in [1.29, 1.82) is 0 Å². The van der Waals surface area contributed by atoms with E-state index in [1.54, 1.807) is 24.3 Å². The van der Waals surface area contributed by atoms with Crippen LogP contribution in [0, 0.1) is 0 Å². The van der Waals surface area contributed by atoms with E-state index in [0.29, 0.717) is 37.4 Å². The maximum atomic E-state index is 13.1. The van der Waals surface area contributed by atoms with Gasteiger partial charge in [-0.2, -0.15) is 4.31 Å². The number of nitrogens with zero attached hydrogens (tertiary/aromatic N) is 1. The van der Waals surface area contributed by atoms with Gasteiger partial charge in [0.15, 0.2) is 0 Å². The van der Waals surface area contributed by atoms with Crippen LogP contribution in [0.3, 0.4) is 0 Å². The van der Waals surface area contributed by atoms with Crippen LogP contribution in [0.4, 0.5) is 5.69 Å². The molecule has 3 aromatic rings. The number of anilines is 1. The SMILES string of the molecule is O=C(Nc1ccccc1C(=O)NCCc1ccccc1)c1ccc(Cl)c(S(=O)(=O)N2CCOCC2)c1. The van der Waals surface area contributed by atoms with Crippen LogP contribution in [-0.2, 0) is 21.2 Å². The molecule has 10 heteroatoms. The maximum Gasteiger partial charge on any atom is 0.255 e. The molecule has 0 aromatic heterocycles. The summed E-state index contributed by atoms with van der Waals surface area (Å²) in [6.45, 7) is 1.44. The summed E-state index contributed by atoms with van der Waals surface area (Å²) in [5.74, 6) is -0.886. The number of hydrogen-bond donors (Lipinski definition) is 2. The summed E-state index contributed by atoms with van der Waals surface area (Å²) in [6.07, 6.45) is 0.673. The normalized spacial score (nSPS) is 14.2. The average molecular weight is 528 g/mol. The van der Waals surface area contributed by atoms with Crippen molar-refractivity contribution in [3.8, 4) is 0 Å². The molecule has 1 saturated heterocycles.